The zero-order valence-electron chi connectivity index (χ0n) is 18.9. The number of carbonyl (C=O) groups is 3. The Morgan fingerprint density at radius 2 is 1.58 bits per heavy atom. The number of anilines is 1. The fourth-order valence-electron chi connectivity index (χ4n) is 3.37. The van der Waals surface area contributed by atoms with Crippen LogP contribution in [-0.2, 0) is 19.7 Å². The molecule has 0 aliphatic carbocycles. The Kier molecular flexibility index (Phi) is 7.17. The molecule has 0 atom stereocenters. The SMILES string of the molecule is Cc1ccc(S(=O)(=O)Oc2ccc(/C=C3/C(=O)NC(=O)N(c4ccc(Br)c(C)c4)C3=O)cc2Br)cc1. The van der Waals surface area contributed by atoms with Crippen LogP contribution in [0.3, 0.4) is 0 Å². The monoisotopic (exact) mass is 632 g/mol. The molecule has 3 aromatic rings. The Morgan fingerprint density at radius 3 is 2.22 bits per heavy atom. The zero-order valence-corrected chi connectivity index (χ0v) is 22.9. The van der Waals surface area contributed by atoms with Crippen LogP contribution in [0.25, 0.3) is 6.08 Å². The van der Waals surface area contributed by atoms with E-state index in [1.165, 1.54) is 36.4 Å². The first kappa shape index (κ1) is 25.8. The number of amides is 4. The van der Waals surface area contributed by atoms with Crippen LogP contribution >= 0.6 is 31.9 Å². The quantitative estimate of drug-likeness (QED) is 0.233. The number of benzene rings is 3. The number of hydrogen-bond acceptors (Lipinski definition) is 6. The Labute approximate surface area is 224 Å². The van der Waals surface area contributed by atoms with Crippen molar-refractivity contribution in [3.63, 3.8) is 0 Å². The molecule has 1 N–H and O–H groups in total. The van der Waals surface area contributed by atoms with E-state index < -0.39 is 28.0 Å². The van der Waals surface area contributed by atoms with E-state index in [0.717, 1.165) is 20.5 Å². The number of halogens is 2. The third-order valence-corrected chi connectivity index (χ3v) is 8.04. The van der Waals surface area contributed by atoms with Crippen molar-refractivity contribution in [3.8, 4) is 5.75 Å². The minimum absolute atomic E-state index is 0.00334. The summed E-state index contributed by atoms with van der Waals surface area (Å²) in [7, 11) is -4.07. The van der Waals surface area contributed by atoms with Crippen LogP contribution in [0.15, 0.2) is 80.1 Å². The van der Waals surface area contributed by atoms with Gasteiger partial charge in [-0.3, -0.25) is 14.9 Å². The number of rotatable bonds is 5. The fourth-order valence-corrected chi connectivity index (χ4v) is 5.15. The first-order valence-corrected chi connectivity index (χ1v) is 13.4. The second kappa shape index (κ2) is 10.00. The van der Waals surface area contributed by atoms with E-state index in [4.69, 9.17) is 4.18 Å². The molecule has 1 heterocycles. The summed E-state index contributed by atoms with van der Waals surface area (Å²) < 4.78 is 31.6. The maximum Gasteiger partial charge on any atom is 0.339 e. The molecule has 3 aromatic carbocycles. The van der Waals surface area contributed by atoms with Crippen LogP contribution in [0.2, 0.25) is 0 Å². The summed E-state index contributed by atoms with van der Waals surface area (Å²) in [5.41, 5.74) is 2.16. The number of aryl methyl sites for hydroxylation is 2. The molecule has 0 saturated carbocycles. The van der Waals surface area contributed by atoms with Gasteiger partial charge in [-0.25, -0.2) is 9.69 Å². The van der Waals surface area contributed by atoms with Gasteiger partial charge in [-0.15, -0.1) is 0 Å². The number of hydrogen-bond donors (Lipinski definition) is 1. The van der Waals surface area contributed by atoms with E-state index in [0.29, 0.717) is 11.3 Å². The first-order valence-electron chi connectivity index (χ1n) is 10.4. The van der Waals surface area contributed by atoms with Gasteiger partial charge in [-0.2, -0.15) is 8.42 Å². The molecule has 8 nitrogen and oxygen atoms in total. The molecule has 0 bridgehead atoms. The van der Waals surface area contributed by atoms with Crippen molar-refractivity contribution in [2.75, 3.05) is 4.90 Å². The summed E-state index contributed by atoms with van der Waals surface area (Å²) in [5.74, 6) is -1.60. The van der Waals surface area contributed by atoms with Crippen LogP contribution in [0.5, 0.6) is 5.75 Å². The summed E-state index contributed by atoms with van der Waals surface area (Å²) in [4.78, 5) is 38.9. The largest absolute Gasteiger partial charge is 0.378 e. The van der Waals surface area contributed by atoms with Crippen molar-refractivity contribution in [3.05, 3.63) is 91.9 Å². The van der Waals surface area contributed by atoms with Crippen molar-refractivity contribution < 1.29 is 27.0 Å². The first-order chi connectivity index (χ1) is 17.0. The Balaban J connectivity index is 1.62. The highest BCUT2D eigenvalue weighted by Crippen LogP contribution is 2.31. The van der Waals surface area contributed by atoms with Crippen LogP contribution in [0.1, 0.15) is 16.7 Å². The highest BCUT2D eigenvalue weighted by molar-refractivity contribution is 9.10. The predicted octanol–water partition coefficient (Wildman–Crippen LogP) is 5.26. The summed E-state index contributed by atoms with van der Waals surface area (Å²) in [6, 6.07) is 14.7. The molecular formula is C25H18Br2N2O6S. The zero-order chi connectivity index (χ0) is 26.2. The van der Waals surface area contributed by atoms with Gasteiger partial charge in [0.1, 0.15) is 10.5 Å². The number of urea groups is 1. The number of imide groups is 2. The fraction of sp³-hybridized carbons (Fsp3) is 0.0800. The third kappa shape index (κ3) is 5.28. The molecule has 0 radical (unpaired) electrons. The number of nitrogens with zero attached hydrogens (tertiary/aromatic N) is 1. The van der Waals surface area contributed by atoms with E-state index in [2.05, 4.69) is 37.2 Å². The molecule has 1 aliphatic heterocycles. The smallest absolute Gasteiger partial charge is 0.339 e. The van der Waals surface area contributed by atoms with Gasteiger partial charge < -0.3 is 4.18 Å². The van der Waals surface area contributed by atoms with Crippen molar-refractivity contribution in [1.29, 1.82) is 0 Å². The maximum atomic E-state index is 13.1. The highest BCUT2D eigenvalue weighted by Gasteiger charge is 2.37. The molecule has 4 amide bonds. The third-order valence-electron chi connectivity index (χ3n) is 5.28. The number of carbonyl (C=O) groups excluding carboxylic acids is 3. The minimum Gasteiger partial charge on any atom is -0.378 e. The topological polar surface area (TPSA) is 110 Å². The summed E-state index contributed by atoms with van der Waals surface area (Å²) in [5, 5.41) is 2.17. The van der Waals surface area contributed by atoms with Crippen LogP contribution in [0.4, 0.5) is 10.5 Å². The average molecular weight is 634 g/mol. The average Bonchev–Trinajstić information content (AvgIpc) is 2.81. The van der Waals surface area contributed by atoms with Gasteiger partial charge in [0, 0.05) is 4.47 Å². The van der Waals surface area contributed by atoms with Crippen molar-refractivity contribution in [2.24, 2.45) is 0 Å². The van der Waals surface area contributed by atoms with Crippen molar-refractivity contribution in [1.82, 2.24) is 5.32 Å². The summed E-state index contributed by atoms with van der Waals surface area (Å²) >= 11 is 6.65. The Hall–Kier alpha value is -3.28. The summed E-state index contributed by atoms with van der Waals surface area (Å²) in [6.07, 6.45) is 1.31. The Bertz CT molecular complexity index is 1550. The van der Waals surface area contributed by atoms with Gasteiger partial charge in [-0.05, 0) is 89.4 Å². The minimum atomic E-state index is -4.07. The molecule has 0 unspecified atom stereocenters. The van der Waals surface area contributed by atoms with Gasteiger partial charge >= 0.3 is 16.1 Å². The molecule has 1 fully saturated rings. The molecule has 0 spiro atoms. The van der Waals surface area contributed by atoms with Gasteiger partial charge in [-0.1, -0.05) is 39.7 Å². The van der Waals surface area contributed by atoms with Crippen LogP contribution in [0, 0.1) is 13.8 Å². The second-order valence-corrected chi connectivity index (χ2v) is 11.2. The molecule has 1 aliphatic rings. The molecule has 11 heteroatoms. The predicted molar refractivity (Wildman–Crippen MR) is 141 cm³/mol. The van der Waals surface area contributed by atoms with E-state index in [1.54, 1.807) is 30.3 Å². The van der Waals surface area contributed by atoms with Crippen LogP contribution in [-0.4, -0.2) is 26.3 Å². The molecule has 1 saturated heterocycles. The second-order valence-electron chi connectivity index (χ2n) is 7.93. The number of nitrogens with one attached hydrogen (secondary N) is 1. The van der Waals surface area contributed by atoms with E-state index in [-0.39, 0.29) is 20.7 Å². The van der Waals surface area contributed by atoms with E-state index in [9.17, 15) is 22.8 Å². The number of barbiturate groups is 1. The highest BCUT2D eigenvalue weighted by atomic mass is 79.9. The molecule has 184 valence electrons. The van der Waals surface area contributed by atoms with Gasteiger partial charge in [0.2, 0.25) is 0 Å². The standard InChI is InChI=1S/C25H18Br2N2O6S/c1-14-3-7-18(8-4-14)36(33,34)35-22-10-5-16(13-21(22)27)12-19-23(30)28-25(32)29(24(19)31)17-6-9-20(26)15(2)11-17/h3-13H,1-2H3,(H,28,30,32)/b19-12-. The lowest BCUT2D eigenvalue weighted by Crippen LogP contribution is -2.54. The lowest BCUT2D eigenvalue weighted by molar-refractivity contribution is -0.122. The molecule has 0 aromatic heterocycles. The van der Waals surface area contributed by atoms with Gasteiger partial charge in [0.25, 0.3) is 11.8 Å². The lowest BCUT2D eigenvalue weighted by Gasteiger charge is -2.26. The van der Waals surface area contributed by atoms with Crippen LogP contribution < -0.4 is 14.4 Å². The molecular weight excluding hydrogens is 616 g/mol. The normalized spacial score (nSPS) is 15.3. The molecule has 4 rings (SSSR count). The van der Waals surface area contributed by atoms with Gasteiger partial charge in [0.15, 0.2) is 5.75 Å². The van der Waals surface area contributed by atoms with Gasteiger partial charge in [0.05, 0.1) is 10.2 Å². The summed E-state index contributed by atoms with van der Waals surface area (Å²) in [6.45, 7) is 3.65. The lowest BCUT2D eigenvalue weighted by atomic mass is 10.1. The maximum absolute atomic E-state index is 13.1. The van der Waals surface area contributed by atoms with Crippen molar-refractivity contribution >= 4 is 71.6 Å². The molecule has 36 heavy (non-hydrogen) atoms. The Morgan fingerprint density at radius 1 is 0.889 bits per heavy atom. The van der Waals surface area contributed by atoms with Crippen molar-refractivity contribution in [2.45, 2.75) is 18.7 Å². The van der Waals surface area contributed by atoms with E-state index >= 15 is 0 Å². The van der Waals surface area contributed by atoms with E-state index in [1.807, 2.05) is 13.8 Å².